The number of hydrogen-bond donors (Lipinski definition) is 1. The first-order valence-corrected chi connectivity index (χ1v) is 7.04. The van der Waals surface area contributed by atoms with E-state index in [1.807, 2.05) is 18.2 Å². The number of hydrogen-bond acceptors (Lipinski definition) is 3. The van der Waals surface area contributed by atoms with Crippen LogP contribution in [0.25, 0.3) is 0 Å². The molecule has 1 aliphatic heterocycles. The molecule has 100 valence electrons. The zero-order valence-electron chi connectivity index (χ0n) is 11.0. The Hall–Kier alpha value is -0.610. The van der Waals surface area contributed by atoms with E-state index in [-0.39, 0.29) is 0 Å². The fourth-order valence-corrected chi connectivity index (χ4v) is 2.80. The maximum absolute atomic E-state index is 6.06. The van der Waals surface area contributed by atoms with Crippen LogP contribution in [0.3, 0.4) is 0 Å². The van der Waals surface area contributed by atoms with Crippen molar-refractivity contribution in [3.63, 3.8) is 0 Å². The summed E-state index contributed by atoms with van der Waals surface area (Å²) in [7, 11) is 0. The molecular formula is C14H22ClN3. The van der Waals surface area contributed by atoms with E-state index in [2.05, 4.69) is 22.8 Å². The lowest BCUT2D eigenvalue weighted by Gasteiger charge is -2.38. The molecule has 1 atom stereocenters. The van der Waals surface area contributed by atoms with Gasteiger partial charge in [-0.15, -0.1) is 0 Å². The lowest BCUT2D eigenvalue weighted by molar-refractivity contribution is 0.102. The number of nitrogens with zero attached hydrogens (tertiary/aromatic N) is 2. The van der Waals surface area contributed by atoms with Gasteiger partial charge < -0.3 is 10.6 Å². The SMILES string of the molecule is CCN1CCN(C(CN)c2cccc(Cl)c2)CC1. The van der Waals surface area contributed by atoms with Crippen LogP contribution in [0.15, 0.2) is 24.3 Å². The van der Waals surface area contributed by atoms with Gasteiger partial charge in [-0.05, 0) is 24.2 Å². The minimum Gasteiger partial charge on any atom is -0.329 e. The van der Waals surface area contributed by atoms with Crippen LogP contribution in [0.1, 0.15) is 18.5 Å². The highest BCUT2D eigenvalue weighted by atomic mass is 35.5. The molecule has 1 aromatic rings. The zero-order valence-corrected chi connectivity index (χ0v) is 11.7. The lowest BCUT2D eigenvalue weighted by Crippen LogP contribution is -2.48. The topological polar surface area (TPSA) is 32.5 Å². The molecule has 1 aromatic carbocycles. The summed E-state index contributed by atoms with van der Waals surface area (Å²) >= 11 is 6.06. The first kappa shape index (κ1) is 13.8. The molecular weight excluding hydrogens is 246 g/mol. The number of halogens is 1. The Morgan fingerprint density at radius 3 is 2.56 bits per heavy atom. The van der Waals surface area contributed by atoms with Gasteiger partial charge in [0.15, 0.2) is 0 Å². The van der Waals surface area contributed by atoms with Crippen LogP contribution in [0.2, 0.25) is 5.02 Å². The van der Waals surface area contributed by atoms with Crippen LogP contribution in [0, 0.1) is 0 Å². The molecule has 18 heavy (non-hydrogen) atoms. The van der Waals surface area contributed by atoms with E-state index < -0.39 is 0 Å². The van der Waals surface area contributed by atoms with Gasteiger partial charge in [0.1, 0.15) is 0 Å². The highest BCUT2D eigenvalue weighted by Crippen LogP contribution is 2.23. The Morgan fingerprint density at radius 2 is 2.00 bits per heavy atom. The molecule has 4 heteroatoms. The first-order chi connectivity index (χ1) is 8.74. The molecule has 3 nitrogen and oxygen atoms in total. The van der Waals surface area contributed by atoms with Gasteiger partial charge in [-0.2, -0.15) is 0 Å². The van der Waals surface area contributed by atoms with Gasteiger partial charge in [0.05, 0.1) is 0 Å². The molecule has 1 saturated heterocycles. The molecule has 1 unspecified atom stereocenters. The third kappa shape index (κ3) is 3.23. The molecule has 1 heterocycles. The summed E-state index contributed by atoms with van der Waals surface area (Å²) < 4.78 is 0. The van der Waals surface area contributed by atoms with E-state index in [9.17, 15) is 0 Å². The van der Waals surface area contributed by atoms with Crippen LogP contribution < -0.4 is 5.73 Å². The minimum absolute atomic E-state index is 0.294. The monoisotopic (exact) mass is 267 g/mol. The summed E-state index contributed by atoms with van der Waals surface area (Å²) in [5, 5.41) is 0.790. The molecule has 0 aliphatic carbocycles. The van der Waals surface area contributed by atoms with Gasteiger partial charge in [0, 0.05) is 43.8 Å². The first-order valence-electron chi connectivity index (χ1n) is 6.66. The number of rotatable bonds is 4. The minimum atomic E-state index is 0.294. The Bertz CT molecular complexity index is 375. The van der Waals surface area contributed by atoms with Gasteiger partial charge in [0.25, 0.3) is 0 Å². The average Bonchev–Trinajstić information content (AvgIpc) is 2.40. The Kier molecular flexibility index (Phi) is 5.01. The predicted octanol–water partition coefficient (Wildman–Crippen LogP) is 1.98. The summed E-state index contributed by atoms with van der Waals surface area (Å²) in [6, 6.07) is 8.36. The molecule has 1 fully saturated rings. The summed E-state index contributed by atoms with van der Waals surface area (Å²) in [6.07, 6.45) is 0. The fraction of sp³-hybridized carbons (Fsp3) is 0.571. The van der Waals surface area contributed by atoms with E-state index in [0.717, 1.165) is 37.7 Å². The predicted molar refractivity (Wildman–Crippen MR) is 76.9 cm³/mol. The van der Waals surface area contributed by atoms with E-state index in [4.69, 9.17) is 17.3 Å². The van der Waals surface area contributed by atoms with E-state index >= 15 is 0 Å². The normalized spacial score (nSPS) is 19.9. The van der Waals surface area contributed by atoms with Crippen molar-refractivity contribution in [3.05, 3.63) is 34.9 Å². The molecule has 0 spiro atoms. The maximum atomic E-state index is 6.06. The second-order valence-electron chi connectivity index (χ2n) is 4.78. The molecule has 2 rings (SSSR count). The van der Waals surface area contributed by atoms with Gasteiger partial charge >= 0.3 is 0 Å². The molecule has 0 saturated carbocycles. The van der Waals surface area contributed by atoms with Gasteiger partial charge in [0.2, 0.25) is 0 Å². The van der Waals surface area contributed by atoms with Crippen LogP contribution in [-0.4, -0.2) is 49.1 Å². The summed E-state index contributed by atoms with van der Waals surface area (Å²) in [6.45, 7) is 8.43. The average molecular weight is 268 g/mol. The Labute approximate surface area is 115 Å². The van der Waals surface area contributed by atoms with Crippen molar-refractivity contribution in [2.75, 3.05) is 39.3 Å². The Morgan fingerprint density at radius 1 is 1.28 bits per heavy atom. The molecule has 0 amide bonds. The zero-order chi connectivity index (χ0) is 13.0. The van der Waals surface area contributed by atoms with Crippen LogP contribution in [-0.2, 0) is 0 Å². The highest BCUT2D eigenvalue weighted by molar-refractivity contribution is 6.30. The Balaban J connectivity index is 2.05. The number of piperazine rings is 1. The second-order valence-corrected chi connectivity index (χ2v) is 5.21. The summed E-state index contributed by atoms with van der Waals surface area (Å²) in [4.78, 5) is 4.94. The molecule has 0 bridgehead atoms. The van der Waals surface area contributed by atoms with E-state index in [1.165, 1.54) is 5.56 Å². The largest absolute Gasteiger partial charge is 0.329 e. The number of benzene rings is 1. The third-order valence-electron chi connectivity index (χ3n) is 3.75. The van der Waals surface area contributed by atoms with Crippen LogP contribution >= 0.6 is 11.6 Å². The second kappa shape index (κ2) is 6.53. The number of nitrogens with two attached hydrogens (primary N) is 1. The van der Waals surface area contributed by atoms with Crippen LogP contribution in [0.4, 0.5) is 0 Å². The van der Waals surface area contributed by atoms with Crippen molar-refractivity contribution >= 4 is 11.6 Å². The van der Waals surface area contributed by atoms with Crippen LogP contribution in [0.5, 0.6) is 0 Å². The molecule has 0 radical (unpaired) electrons. The van der Waals surface area contributed by atoms with Crippen molar-refractivity contribution in [2.45, 2.75) is 13.0 Å². The highest BCUT2D eigenvalue weighted by Gasteiger charge is 2.23. The van der Waals surface area contributed by atoms with Gasteiger partial charge in [-0.25, -0.2) is 0 Å². The standard InChI is InChI=1S/C14H22ClN3/c1-2-17-6-8-18(9-7-17)14(11-16)12-4-3-5-13(15)10-12/h3-5,10,14H,2,6-9,11,16H2,1H3. The van der Waals surface area contributed by atoms with Crippen molar-refractivity contribution in [3.8, 4) is 0 Å². The lowest BCUT2D eigenvalue weighted by atomic mass is 10.0. The summed E-state index contributed by atoms with van der Waals surface area (Å²) in [5.41, 5.74) is 7.19. The number of likely N-dealkylation sites (N-methyl/N-ethyl adjacent to an activating group) is 1. The van der Waals surface area contributed by atoms with Gasteiger partial charge in [-0.1, -0.05) is 30.7 Å². The maximum Gasteiger partial charge on any atom is 0.0472 e. The van der Waals surface area contributed by atoms with Crippen molar-refractivity contribution in [1.82, 2.24) is 9.80 Å². The molecule has 0 aromatic heterocycles. The smallest absolute Gasteiger partial charge is 0.0472 e. The van der Waals surface area contributed by atoms with Crippen molar-refractivity contribution in [2.24, 2.45) is 5.73 Å². The molecule has 1 aliphatic rings. The van der Waals surface area contributed by atoms with Gasteiger partial charge in [-0.3, -0.25) is 4.90 Å². The third-order valence-corrected chi connectivity index (χ3v) is 3.99. The van der Waals surface area contributed by atoms with Crippen molar-refractivity contribution < 1.29 is 0 Å². The summed E-state index contributed by atoms with van der Waals surface area (Å²) in [5.74, 6) is 0. The van der Waals surface area contributed by atoms with Crippen molar-refractivity contribution in [1.29, 1.82) is 0 Å². The fourth-order valence-electron chi connectivity index (χ4n) is 2.60. The quantitative estimate of drug-likeness (QED) is 0.906. The van der Waals surface area contributed by atoms with E-state index in [1.54, 1.807) is 0 Å². The van der Waals surface area contributed by atoms with E-state index in [0.29, 0.717) is 12.6 Å². The molecule has 2 N–H and O–H groups in total.